The monoisotopic (exact) mass is 452 g/mol. The topological polar surface area (TPSA) is 84.5 Å². The van der Waals surface area contributed by atoms with Crippen LogP contribution in [0.1, 0.15) is 46.9 Å². The zero-order chi connectivity index (χ0) is 23.3. The number of carbonyl (C=O) groups is 1. The number of nitrogens with one attached hydrogen (secondary N) is 2. The summed E-state index contributed by atoms with van der Waals surface area (Å²) in [6.45, 7) is 8.01. The van der Waals surface area contributed by atoms with Gasteiger partial charge >= 0.3 is 0 Å². The van der Waals surface area contributed by atoms with E-state index in [-0.39, 0.29) is 22.4 Å². The summed E-state index contributed by atoms with van der Waals surface area (Å²) < 4.78 is 33.9. The normalized spacial score (nSPS) is 12.1. The maximum atomic E-state index is 13.0. The van der Waals surface area contributed by atoms with Crippen LogP contribution in [-0.4, -0.2) is 20.9 Å². The molecular weight excluding hydrogens is 424 g/mol. The summed E-state index contributed by atoms with van der Waals surface area (Å²) in [5.74, 6) is 0.419. The quantitative estimate of drug-likeness (QED) is 0.504. The van der Waals surface area contributed by atoms with E-state index < -0.39 is 10.0 Å². The van der Waals surface area contributed by atoms with E-state index in [0.717, 1.165) is 16.9 Å². The molecule has 0 aliphatic heterocycles. The lowest BCUT2D eigenvalue weighted by atomic mass is 10.1. The minimum Gasteiger partial charge on any atom is -0.494 e. The number of anilines is 1. The molecule has 1 atom stereocenters. The number of hydrogen-bond acceptors (Lipinski definition) is 4. The van der Waals surface area contributed by atoms with Gasteiger partial charge in [0.15, 0.2) is 0 Å². The van der Waals surface area contributed by atoms with Crippen LogP contribution in [0.25, 0.3) is 0 Å². The third kappa shape index (κ3) is 5.68. The molecule has 6 nitrogen and oxygen atoms in total. The predicted octanol–water partition coefficient (Wildman–Crippen LogP) is 4.99. The maximum absolute atomic E-state index is 13.0. The van der Waals surface area contributed by atoms with Crippen molar-refractivity contribution in [2.45, 2.75) is 38.6 Å². The molecule has 0 aromatic heterocycles. The Balaban J connectivity index is 1.77. The highest BCUT2D eigenvalue weighted by molar-refractivity contribution is 7.92. The van der Waals surface area contributed by atoms with Crippen LogP contribution in [0.15, 0.2) is 71.6 Å². The van der Waals surface area contributed by atoms with Crippen LogP contribution in [0.4, 0.5) is 5.69 Å². The third-order valence-electron chi connectivity index (χ3n) is 5.08. The molecule has 0 unspecified atom stereocenters. The molecular formula is C25H28N2O4S. The Morgan fingerprint density at radius 1 is 0.969 bits per heavy atom. The van der Waals surface area contributed by atoms with Gasteiger partial charge in [-0.15, -0.1) is 0 Å². The van der Waals surface area contributed by atoms with E-state index in [1.54, 1.807) is 31.2 Å². The summed E-state index contributed by atoms with van der Waals surface area (Å²) >= 11 is 0. The van der Waals surface area contributed by atoms with Crippen LogP contribution in [0.5, 0.6) is 5.75 Å². The number of ether oxygens (including phenoxy) is 1. The maximum Gasteiger partial charge on any atom is 0.262 e. The summed E-state index contributed by atoms with van der Waals surface area (Å²) in [4.78, 5) is 12.9. The Kier molecular flexibility index (Phi) is 7.20. The van der Waals surface area contributed by atoms with Gasteiger partial charge in [-0.2, -0.15) is 0 Å². The number of amides is 1. The first kappa shape index (κ1) is 23.3. The zero-order valence-electron chi connectivity index (χ0n) is 18.7. The van der Waals surface area contributed by atoms with E-state index in [2.05, 4.69) is 10.0 Å². The Morgan fingerprint density at radius 2 is 1.62 bits per heavy atom. The number of benzene rings is 3. The number of carbonyl (C=O) groups excluding carboxylic acids is 1. The van der Waals surface area contributed by atoms with E-state index in [0.29, 0.717) is 17.9 Å². The SMILES string of the molecule is CCOc1ccc([C@@H](C)NC(=O)c2ccc(C)c(S(=O)(=O)Nc3ccc(C)cc3)c2)cc1. The van der Waals surface area contributed by atoms with Crippen LogP contribution in [0.3, 0.4) is 0 Å². The minimum atomic E-state index is -3.85. The van der Waals surface area contributed by atoms with E-state index in [1.807, 2.05) is 57.2 Å². The van der Waals surface area contributed by atoms with Gasteiger partial charge in [0.05, 0.1) is 17.5 Å². The van der Waals surface area contributed by atoms with Crippen molar-refractivity contribution in [3.05, 3.63) is 89.0 Å². The largest absolute Gasteiger partial charge is 0.494 e. The molecule has 3 aromatic carbocycles. The number of aryl methyl sites for hydroxylation is 2. The van der Waals surface area contributed by atoms with E-state index in [1.165, 1.54) is 6.07 Å². The molecule has 0 radical (unpaired) electrons. The summed E-state index contributed by atoms with van der Waals surface area (Å²) in [5, 5.41) is 2.92. The van der Waals surface area contributed by atoms with Gasteiger partial charge in [0.2, 0.25) is 0 Å². The molecule has 0 heterocycles. The highest BCUT2D eigenvalue weighted by atomic mass is 32.2. The van der Waals surface area contributed by atoms with Gasteiger partial charge in [-0.05, 0) is 75.2 Å². The summed E-state index contributed by atoms with van der Waals surface area (Å²) in [5.41, 5.74) is 3.25. The molecule has 168 valence electrons. The van der Waals surface area contributed by atoms with Crippen molar-refractivity contribution in [2.24, 2.45) is 0 Å². The first-order chi connectivity index (χ1) is 15.2. The van der Waals surface area contributed by atoms with Gasteiger partial charge in [-0.25, -0.2) is 8.42 Å². The van der Waals surface area contributed by atoms with Crippen LogP contribution in [-0.2, 0) is 10.0 Å². The highest BCUT2D eigenvalue weighted by Gasteiger charge is 2.20. The second-order valence-corrected chi connectivity index (χ2v) is 9.30. The number of sulfonamides is 1. The van der Waals surface area contributed by atoms with Crippen LogP contribution in [0.2, 0.25) is 0 Å². The van der Waals surface area contributed by atoms with Crippen LogP contribution in [0, 0.1) is 13.8 Å². The molecule has 7 heteroatoms. The van der Waals surface area contributed by atoms with Crippen molar-refractivity contribution < 1.29 is 17.9 Å². The Morgan fingerprint density at radius 3 is 2.25 bits per heavy atom. The van der Waals surface area contributed by atoms with Crippen molar-refractivity contribution >= 4 is 21.6 Å². The summed E-state index contributed by atoms with van der Waals surface area (Å²) in [6, 6.07) is 19.0. The fourth-order valence-corrected chi connectivity index (χ4v) is 4.58. The molecule has 2 N–H and O–H groups in total. The average molecular weight is 453 g/mol. The average Bonchev–Trinajstić information content (AvgIpc) is 2.76. The minimum absolute atomic E-state index is 0.0689. The molecule has 0 bridgehead atoms. The highest BCUT2D eigenvalue weighted by Crippen LogP contribution is 2.22. The van der Waals surface area contributed by atoms with Crippen LogP contribution < -0.4 is 14.8 Å². The predicted molar refractivity (Wildman–Crippen MR) is 127 cm³/mol. The smallest absolute Gasteiger partial charge is 0.262 e. The van der Waals surface area contributed by atoms with Crippen LogP contribution >= 0.6 is 0 Å². The molecule has 3 aromatic rings. The third-order valence-corrected chi connectivity index (χ3v) is 6.61. The lowest BCUT2D eigenvalue weighted by molar-refractivity contribution is 0.0939. The lowest BCUT2D eigenvalue weighted by Crippen LogP contribution is -2.27. The molecule has 0 aliphatic carbocycles. The standard InChI is InChI=1S/C25H28N2O4S/c1-5-31-23-14-10-20(11-15-23)19(4)26-25(28)21-9-8-18(3)24(16-21)32(29,30)27-22-12-6-17(2)7-13-22/h6-16,19,27H,5H2,1-4H3,(H,26,28)/t19-/m1/s1. The van der Waals surface area contributed by atoms with Gasteiger partial charge in [-0.3, -0.25) is 9.52 Å². The van der Waals surface area contributed by atoms with Crippen molar-refractivity contribution in [1.82, 2.24) is 5.32 Å². The molecule has 1 amide bonds. The molecule has 32 heavy (non-hydrogen) atoms. The Bertz CT molecular complexity index is 1190. The molecule has 0 saturated heterocycles. The van der Waals surface area contributed by atoms with Crippen molar-refractivity contribution in [1.29, 1.82) is 0 Å². The van der Waals surface area contributed by atoms with Gasteiger partial charge in [0, 0.05) is 11.3 Å². The van der Waals surface area contributed by atoms with Gasteiger partial charge in [0.1, 0.15) is 5.75 Å². The fourth-order valence-electron chi connectivity index (χ4n) is 3.25. The second-order valence-electron chi connectivity index (χ2n) is 7.65. The van der Waals surface area contributed by atoms with Crippen molar-refractivity contribution in [3.63, 3.8) is 0 Å². The first-order valence-corrected chi connectivity index (χ1v) is 11.9. The van der Waals surface area contributed by atoms with E-state index in [9.17, 15) is 13.2 Å². The van der Waals surface area contributed by atoms with Crippen molar-refractivity contribution in [3.8, 4) is 5.75 Å². The van der Waals surface area contributed by atoms with E-state index in [4.69, 9.17) is 4.74 Å². The lowest BCUT2D eigenvalue weighted by Gasteiger charge is -2.16. The second kappa shape index (κ2) is 9.87. The van der Waals surface area contributed by atoms with Gasteiger partial charge in [0.25, 0.3) is 15.9 Å². The number of rotatable bonds is 8. The fraction of sp³-hybridized carbons (Fsp3) is 0.240. The molecule has 3 rings (SSSR count). The zero-order valence-corrected chi connectivity index (χ0v) is 19.5. The Labute approximate surface area is 189 Å². The molecule has 0 aliphatic rings. The molecule has 0 fully saturated rings. The van der Waals surface area contributed by atoms with Gasteiger partial charge in [-0.1, -0.05) is 35.9 Å². The van der Waals surface area contributed by atoms with Crippen molar-refractivity contribution in [2.75, 3.05) is 11.3 Å². The molecule has 0 saturated carbocycles. The first-order valence-electron chi connectivity index (χ1n) is 10.4. The summed E-state index contributed by atoms with van der Waals surface area (Å²) in [7, 11) is -3.85. The number of hydrogen-bond donors (Lipinski definition) is 2. The van der Waals surface area contributed by atoms with E-state index >= 15 is 0 Å². The van der Waals surface area contributed by atoms with Gasteiger partial charge < -0.3 is 10.1 Å². The Hall–Kier alpha value is -3.32. The summed E-state index contributed by atoms with van der Waals surface area (Å²) in [6.07, 6.45) is 0. The molecule has 0 spiro atoms.